The molecule has 0 bridgehead atoms. The fourth-order valence-electron chi connectivity index (χ4n) is 3.85. The lowest BCUT2D eigenvalue weighted by Crippen LogP contribution is -2.29. The minimum atomic E-state index is -0.189. The first kappa shape index (κ1) is 24.1. The van der Waals surface area contributed by atoms with Crippen molar-refractivity contribution in [2.75, 3.05) is 20.3 Å². The zero-order chi connectivity index (χ0) is 24.6. The van der Waals surface area contributed by atoms with Gasteiger partial charge in [0, 0.05) is 12.6 Å². The first-order valence-corrected chi connectivity index (χ1v) is 11.7. The summed E-state index contributed by atoms with van der Waals surface area (Å²) in [6.45, 7) is 5.51. The van der Waals surface area contributed by atoms with Crippen LogP contribution in [0, 0.1) is 13.8 Å². The van der Waals surface area contributed by atoms with Gasteiger partial charge in [-0.15, -0.1) is 0 Å². The number of aryl methyl sites for hydroxylation is 3. The van der Waals surface area contributed by atoms with E-state index in [0.29, 0.717) is 19.7 Å². The first-order chi connectivity index (χ1) is 17.0. The highest BCUT2D eigenvalue weighted by Crippen LogP contribution is 2.21. The van der Waals surface area contributed by atoms with Crippen LogP contribution in [0.25, 0.3) is 11.0 Å². The van der Waals surface area contributed by atoms with Crippen molar-refractivity contribution in [3.8, 4) is 17.2 Å². The number of fused-ring (bicyclic) bond motifs is 1. The standard InChI is InChI=1S/C28H31N3O4/c1-20-12-13-21(2)26(16-20)35-19-28(32)29-18-27-30-24-10-4-5-11-25(24)31(27)14-7-15-34-23-9-6-8-22(17-23)33-3/h4-6,8-13,16-17H,7,14-15,18-19H2,1-3H3,(H,29,32). The Labute approximate surface area is 205 Å². The van der Waals surface area contributed by atoms with E-state index in [0.717, 1.165) is 51.7 Å². The van der Waals surface area contributed by atoms with Crippen molar-refractivity contribution in [1.82, 2.24) is 14.9 Å². The van der Waals surface area contributed by atoms with E-state index in [4.69, 9.17) is 19.2 Å². The van der Waals surface area contributed by atoms with Crippen LogP contribution in [0.3, 0.4) is 0 Å². The molecule has 7 heteroatoms. The van der Waals surface area contributed by atoms with E-state index in [9.17, 15) is 4.79 Å². The highest BCUT2D eigenvalue weighted by atomic mass is 16.5. The summed E-state index contributed by atoms with van der Waals surface area (Å²) in [5, 5.41) is 2.94. The van der Waals surface area contributed by atoms with Crippen LogP contribution in [-0.2, 0) is 17.9 Å². The molecule has 0 saturated carbocycles. The number of hydrogen-bond donors (Lipinski definition) is 1. The smallest absolute Gasteiger partial charge is 0.258 e. The van der Waals surface area contributed by atoms with E-state index >= 15 is 0 Å². The quantitative estimate of drug-likeness (QED) is 0.316. The van der Waals surface area contributed by atoms with Gasteiger partial charge in [-0.3, -0.25) is 4.79 Å². The summed E-state index contributed by atoms with van der Waals surface area (Å²) in [4.78, 5) is 17.2. The molecule has 0 fully saturated rings. The van der Waals surface area contributed by atoms with Gasteiger partial charge in [-0.25, -0.2) is 4.98 Å². The number of hydrogen-bond acceptors (Lipinski definition) is 5. The van der Waals surface area contributed by atoms with Gasteiger partial charge in [0.2, 0.25) is 0 Å². The molecule has 1 N–H and O–H groups in total. The molecular formula is C28H31N3O4. The molecule has 0 unspecified atom stereocenters. The summed E-state index contributed by atoms with van der Waals surface area (Å²) in [5.41, 5.74) is 4.03. The number of para-hydroxylation sites is 2. The Hall–Kier alpha value is -4.00. The number of rotatable bonds is 11. The predicted octanol–water partition coefficient (Wildman–Crippen LogP) is 4.83. The van der Waals surface area contributed by atoms with Crippen molar-refractivity contribution < 1.29 is 19.0 Å². The molecule has 4 rings (SSSR count). The second-order valence-electron chi connectivity index (χ2n) is 8.38. The molecule has 0 aliphatic rings. The lowest BCUT2D eigenvalue weighted by atomic mass is 10.1. The van der Waals surface area contributed by atoms with Gasteiger partial charge >= 0.3 is 0 Å². The topological polar surface area (TPSA) is 74.6 Å². The zero-order valence-corrected chi connectivity index (χ0v) is 20.4. The monoisotopic (exact) mass is 473 g/mol. The van der Waals surface area contributed by atoms with Crippen molar-refractivity contribution in [2.45, 2.75) is 33.4 Å². The molecule has 0 spiro atoms. The maximum atomic E-state index is 12.5. The van der Waals surface area contributed by atoms with Crippen molar-refractivity contribution >= 4 is 16.9 Å². The van der Waals surface area contributed by atoms with Crippen LogP contribution in [0.15, 0.2) is 66.7 Å². The van der Waals surface area contributed by atoms with E-state index in [2.05, 4.69) is 9.88 Å². The molecule has 3 aromatic carbocycles. The summed E-state index contributed by atoms with van der Waals surface area (Å²) in [6, 6.07) is 21.5. The van der Waals surface area contributed by atoms with Gasteiger partial charge in [0.05, 0.1) is 31.3 Å². The summed E-state index contributed by atoms with van der Waals surface area (Å²) in [5.74, 6) is 2.88. The van der Waals surface area contributed by atoms with E-state index in [1.54, 1.807) is 7.11 Å². The van der Waals surface area contributed by atoms with E-state index in [1.165, 1.54) is 0 Å². The fourth-order valence-corrected chi connectivity index (χ4v) is 3.85. The second kappa shape index (κ2) is 11.4. The molecule has 0 atom stereocenters. The van der Waals surface area contributed by atoms with Gasteiger partial charge in [0.1, 0.15) is 23.1 Å². The molecule has 0 aliphatic carbocycles. The summed E-state index contributed by atoms with van der Waals surface area (Å²) in [7, 11) is 1.64. The molecule has 182 valence electrons. The zero-order valence-electron chi connectivity index (χ0n) is 20.4. The molecule has 1 heterocycles. The fraction of sp³-hybridized carbons (Fsp3) is 0.286. The van der Waals surface area contributed by atoms with Gasteiger partial charge in [-0.1, -0.05) is 30.3 Å². The van der Waals surface area contributed by atoms with Crippen molar-refractivity contribution in [3.63, 3.8) is 0 Å². The predicted molar refractivity (Wildman–Crippen MR) is 136 cm³/mol. The van der Waals surface area contributed by atoms with Crippen LogP contribution >= 0.6 is 0 Å². The van der Waals surface area contributed by atoms with Gasteiger partial charge in [0.15, 0.2) is 6.61 Å². The van der Waals surface area contributed by atoms with Crippen LogP contribution in [-0.4, -0.2) is 35.8 Å². The largest absolute Gasteiger partial charge is 0.497 e. The van der Waals surface area contributed by atoms with Gasteiger partial charge < -0.3 is 24.1 Å². The number of imidazole rings is 1. The molecule has 7 nitrogen and oxygen atoms in total. The van der Waals surface area contributed by atoms with Crippen LogP contribution in [0.4, 0.5) is 0 Å². The molecule has 0 saturated heterocycles. The molecular weight excluding hydrogens is 442 g/mol. The Morgan fingerprint density at radius 1 is 0.971 bits per heavy atom. The van der Waals surface area contributed by atoms with Gasteiger partial charge in [0.25, 0.3) is 5.91 Å². The summed E-state index contributed by atoms with van der Waals surface area (Å²) < 4.78 is 19.0. The average Bonchev–Trinajstić information content (AvgIpc) is 3.23. The normalized spacial score (nSPS) is 10.8. The Balaban J connectivity index is 1.35. The third kappa shape index (κ3) is 6.32. The van der Waals surface area contributed by atoms with Crippen molar-refractivity contribution in [3.05, 3.63) is 83.7 Å². The molecule has 1 amide bonds. The Morgan fingerprint density at radius 2 is 1.80 bits per heavy atom. The summed E-state index contributed by atoms with van der Waals surface area (Å²) in [6.07, 6.45) is 0.786. The van der Waals surface area contributed by atoms with E-state index in [1.807, 2.05) is 80.6 Å². The van der Waals surface area contributed by atoms with Crippen LogP contribution < -0.4 is 19.5 Å². The van der Waals surface area contributed by atoms with Gasteiger partial charge in [-0.2, -0.15) is 0 Å². The first-order valence-electron chi connectivity index (χ1n) is 11.7. The highest BCUT2D eigenvalue weighted by Gasteiger charge is 2.12. The number of carbonyl (C=O) groups excluding carboxylic acids is 1. The number of amides is 1. The van der Waals surface area contributed by atoms with E-state index in [-0.39, 0.29) is 12.5 Å². The Bertz CT molecular complexity index is 1300. The Morgan fingerprint density at radius 3 is 2.66 bits per heavy atom. The number of carbonyl (C=O) groups is 1. The maximum Gasteiger partial charge on any atom is 0.258 e. The molecule has 35 heavy (non-hydrogen) atoms. The molecule has 0 radical (unpaired) electrons. The SMILES string of the molecule is COc1cccc(OCCCn2c(CNC(=O)COc3cc(C)ccc3C)nc3ccccc32)c1. The second-order valence-corrected chi connectivity index (χ2v) is 8.38. The average molecular weight is 474 g/mol. The van der Waals surface area contributed by atoms with E-state index < -0.39 is 0 Å². The van der Waals surface area contributed by atoms with Crippen LogP contribution in [0.2, 0.25) is 0 Å². The molecule has 4 aromatic rings. The minimum absolute atomic E-state index is 0.0428. The molecule has 1 aromatic heterocycles. The van der Waals surface area contributed by atoms with Crippen LogP contribution in [0.1, 0.15) is 23.4 Å². The minimum Gasteiger partial charge on any atom is -0.497 e. The van der Waals surface area contributed by atoms with Crippen molar-refractivity contribution in [2.24, 2.45) is 0 Å². The number of aromatic nitrogens is 2. The third-order valence-electron chi connectivity index (χ3n) is 5.72. The summed E-state index contributed by atoms with van der Waals surface area (Å²) >= 11 is 0. The third-order valence-corrected chi connectivity index (χ3v) is 5.72. The number of benzene rings is 3. The lowest BCUT2D eigenvalue weighted by molar-refractivity contribution is -0.123. The maximum absolute atomic E-state index is 12.5. The number of ether oxygens (including phenoxy) is 3. The number of methoxy groups -OCH3 is 1. The Kier molecular flexibility index (Phi) is 7.88. The van der Waals surface area contributed by atoms with Crippen molar-refractivity contribution in [1.29, 1.82) is 0 Å². The lowest BCUT2D eigenvalue weighted by Gasteiger charge is -2.12. The number of nitrogens with zero attached hydrogens (tertiary/aromatic N) is 2. The number of nitrogens with one attached hydrogen (secondary N) is 1. The van der Waals surface area contributed by atoms with Crippen LogP contribution in [0.5, 0.6) is 17.2 Å². The van der Waals surface area contributed by atoms with Gasteiger partial charge in [-0.05, 0) is 61.7 Å². The molecule has 0 aliphatic heterocycles. The highest BCUT2D eigenvalue weighted by molar-refractivity contribution is 5.78.